The molecule has 1 heterocycles. The Hall–Kier alpha value is -0.860. The molecule has 2 nitrogen and oxygen atoms in total. The zero-order chi connectivity index (χ0) is 14.6. The van der Waals surface area contributed by atoms with Gasteiger partial charge in [0.2, 0.25) is 0 Å². The summed E-state index contributed by atoms with van der Waals surface area (Å²) in [7, 11) is 0. The molecule has 0 aliphatic carbocycles. The molecule has 2 rings (SSSR count). The van der Waals surface area contributed by atoms with Crippen LogP contribution in [-0.2, 0) is 5.41 Å². The molecular formula is C18H29NO. The van der Waals surface area contributed by atoms with E-state index in [4.69, 9.17) is 0 Å². The molecule has 0 radical (unpaired) electrons. The average Bonchev–Trinajstić information content (AvgIpc) is 2.66. The number of aliphatic hydroxyl groups excluding tert-OH is 1. The zero-order valence-electron chi connectivity index (χ0n) is 13.2. The van der Waals surface area contributed by atoms with E-state index in [1.54, 1.807) is 0 Å². The van der Waals surface area contributed by atoms with Crippen molar-refractivity contribution in [3.05, 3.63) is 35.4 Å². The van der Waals surface area contributed by atoms with E-state index >= 15 is 0 Å². The molecule has 1 unspecified atom stereocenters. The molecule has 1 fully saturated rings. The molecule has 1 aliphatic rings. The van der Waals surface area contributed by atoms with E-state index in [1.165, 1.54) is 31.2 Å². The smallest absolute Gasteiger partial charge is 0.0916 e. The molecule has 1 N–H and O–H groups in total. The summed E-state index contributed by atoms with van der Waals surface area (Å²) in [4.78, 5) is 2.41. The fourth-order valence-electron chi connectivity index (χ4n) is 2.87. The van der Waals surface area contributed by atoms with Gasteiger partial charge in [-0.1, -0.05) is 57.9 Å². The first kappa shape index (κ1) is 15.5. The lowest BCUT2D eigenvalue weighted by molar-refractivity contribution is 0.115. The highest BCUT2D eigenvalue weighted by Crippen LogP contribution is 2.24. The molecule has 2 heteroatoms. The summed E-state index contributed by atoms with van der Waals surface area (Å²) >= 11 is 0. The largest absolute Gasteiger partial charge is 0.387 e. The summed E-state index contributed by atoms with van der Waals surface area (Å²) in [5, 5.41) is 10.4. The summed E-state index contributed by atoms with van der Waals surface area (Å²) in [6.45, 7) is 9.70. The molecule has 1 saturated heterocycles. The van der Waals surface area contributed by atoms with Crippen molar-refractivity contribution in [2.24, 2.45) is 0 Å². The van der Waals surface area contributed by atoms with Crippen LogP contribution in [0, 0.1) is 0 Å². The van der Waals surface area contributed by atoms with Gasteiger partial charge in [0.05, 0.1) is 6.10 Å². The number of nitrogens with zero attached hydrogens (tertiary/aromatic N) is 1. The summed E-state index contributed by atoms with van der Waals surface area (Å²) in [6.07, 6.45) is 4.87. The highest BCUT2D eigenvalue weighted by Gasteiger charge is 2.17. The van der Waals surface area contributed by atoms with Crippen molar-refractivity contribution < 1.29 is 5.11 Å². The van der Waals surface area contributed by atoms with E-state index in [2.05, 4.69) is 49.9 Å². The van der Waals surface area contributed by atoms with Crippen molar-refractivity contribution in [2.75, 3.05) is 19.6 Å². The molecule has 1 aromatic rings. The van der Waals surface area contributed by atoms with Gasteiger partial charge < -0.3 is 10.0 Å². The van der Waals surface area contributed by atoms with E-state index in [1.807, 2.05) is 0 Å². The van der Waals surface area contributed by atoms with E-state index in [0.717, 1.165) is 25.2 Å². The minimum absolute atomic E-state index is 0.175. The van der Waals surface area contributed by atoms with Crippen molar-refractivity contribution >= 4 is 0 Å². The van der Waals surface area contributed by atoms with Crippen molar-refractivity contribution in [1.29, 1.82) is 0 Å². The van der Waals surface area contributed by atoms with Gasteiger partial charge in [0.1, 0.15) is 0 Å². The van der Waals surface area contributed by atoms with Crippen molar-refractivity contribution in [2.45, 2.75) is 58.0 Å². The van der Waals surface area contributed by atoms with Gasteiger partial charge in [-0.25, -0.2) is 0 Å². The van der Waals surface area contributed by atoms with Crippen LogP contribution in [0.4, 0.5) is 0 Å². The quantitative estimate of drug-likeness (QED) is 0.904. The van der Waals surface area contributed by atoms with Gasteiger partial charge in [-0.15, -0.1) is 0 Å². The molecule has 1 aliphatic heterocycles. The van der Waals surface area contributed by atoms with Gasteiger partial charge in [-0.3, -0.25) is 0 Å². The fourth-order valence-corrected chi connectivity index (χ4v) is 2.87. The maximum atomic E-state index is 10.4. The number of rotatable bonds is 3. The predicted octanol–water partition coefficient (Wildman–Crippen LogP) is 3.89. The van der Waals surface area contributed by atoms with E-state index in [0.29, 0.717) is 0 Å². The van der Waals surface area contributed by atoms with Crippen LogP contribution in [0.25, 0.3) is 0 Å². The molecule has 0 bridgehead atoms. The van der Waals surface area contributed by atoms with Crippen LogP contribution in [0.1, 0.15) is 63.7 Å². The number of hydrogen-bond donors (Lipinski definition) is 1. The fraction of sp³-hybridized carbons (Fsp3) is 0.667. The Balaban J connectivity index is 1.96. The Morgan fingerprint density at radius 3 is 2.05 bits per heavy atom. The molecule has 0 saturated carbocycles. The lowest BCUT2D eigenvalue weighted by Crippen LogP contribution is -2.29. The maximum absolute atomic E-state index is 10.4. The van der Waals surface area contributed by atoms with Gasteiger partial charge in [0.25, 0.3) is 0 Å². The molecule has 0 spiro atoms. The number of benzene rings is 1. The van der Waals surface area contributed by atoms with Gasteiger partial charge in [-0.2, -0.15) is 0 Å². The van der Waals surface area contributed by atoms with Crippen LogP contribution in [0.3, 0.4) is 0 Å². The summed E-state index contributed by atoms with van der Waals surface area (Å²) in [5.74, 6) is 0. The monoisotopic (exact) mass is 275 g/mol. The Morgan fingerprint density at radius 2 is 1.55 bits per heavy atom. The zero-order valence-corrected chi connectivity index (χ0v) is 13.2. The Labute approximate surface area is 123 Å². The van der Waals surface area contributed by atoms with Crippen LogP contribution < -0.4 is 0 Å². The Kier molecular flexibility index (Phi) is 5.22. The average molecular weight is 275 g/mol. The second-order valence-electron chi connectivity index (χ2n) is 7.10. The van der Waals surface area contributed by atoms with Crippen molar-refractivity contribution in [1.82, 2.24) is 4.90 Å². The lowest BCUT2D eigenvalue weighted by Gasteiger charge is -2.24. The third-order valence-electron chi connectivity index (χ3n) is 4.29. The standard InChI is InChI=1S/C18H29NO/c1-18(2,3)16-10-8-15(9-11-16)17(20)14-19-12-6-4-5-7-13-19/h8-11,17,20H,4-7,12-14H2,1-3H3. The van der Waals surface area contributed by atoms with Crippen molar-refractivity contribution in [3.8, 4) is 0 Å². The molecule has 1 aromatic carbocycles. The van der Waals surface area contributed by atoms with E-state index in [-0.39, 0.29) is 11.5 Å². The van der Waals surface area contributed by atoms with Gasteiger partial charge >= 0.3 is 0 Å². The molecule has 0 amide bonds. The third kappa shape index (κ3) is 4.32. The Morgan fingerprint density at radius 1 is 1.00 bits per heavy atom. The topological polar surface area (TPSA) is 23.5 Å². The molecular weight excluding hydrogens is 246 g/mol. The first-order valence-electron chi connectivity index (χ1n) is 7.98. The maximum Gasteiger partial charge on any atom is 0.0916 e. The normalized spacial score (nSPS) is 19.6. The van der Waals surface area contributed by atoms with Crippen LogP contribution in [0.5, 0.6) is 0 Å². The van der Waals surface area contributed by atoms with Crippen LogP contribution in [-0.4, -0.2) is 29.6 Å². The van der Waals surface area contributed by atoms with Crippen LogP contribution >= 0.6 is 0 Å². The number of hydrogen-bond acceptors (Lipinski definition) is 2. The first-order valence-corrected chi connectivity index (χ1v) is 7.98. The van der Waals surface area contributed by atoms with E-state index < -0.39 is 0 Å². The Bertz CT molecular complexity index is 396. The highest BCUT2D eigenvalue weighted by molar-refractivity contribution is 5.28. The molecule has 112 valence electrons. The van der Waals surface area contributed by atoms with Crippen LogP contribution in [0.2, 0.25) is 0 Å². The van der Waals surface area contributed by atoms with Crippen molar-refractivity contribution in [3.63, 3.8) is 0 Å². The number of likely N-dealkylation sites (tertiary alicyclic amines) is 1. The second-order valence-corrected chi connectivity index (χ2v) is 7.10. The summed E-state index contributed by atoms with van der Waals surface area (Å²) < 4.78 is 0. The minimum Gasteiger partial charge on any atom is -0.387 e. The highest BCUT2D eigenvalue weighted by atomic mass is 16.3. The lowest BCUT2D eigenvalue weighted by atomic mass is 9.86. The minimum atomic E-state index is -0.359. The summed E-state index contributed by atoms with van der Waals surface area (Å²) in [5.41, 5.74) is 2.54. The third-order valence-corrected chi connectivity index (χ3v) is 4.29. The van der Waals surface area contributed by atoms with Gasteiger partial charge in [0.15, 0.2) is 0 Å². The summed E-state index contributed by atoms with van der Waals surface area (Å²) in [6, 6.07) is 8.48. The first-order chi connectivity index (χ1) is 9.47. The number of β-amino-alcohol motifs (C(OH)–C–C–N with tert-alkyl or cyclic N) is 1. The van der Waals surface area contributed by atoms with Gasteiger partial charge in [0, 0.05) is 6.54 Å². The SMILES string of the molecule is CC(C)(C)c1ccc(C(O)CN2CCCCCC2)cc1. The van der Waals surface area contributed by atoms with E-state index in [9.17, 15) is 5.11 Å². The second kappa shape index (κ2) is 6.73. The molecule has 1 atom stereocenters. The predicted molar refractivity (Wildman–Crippen MR) is 85.0 cm³/mol. The number of aliphatic hydroxyl groups is 1. The molecule has 20 heavy (non-hydrogen) atoms. The van der Waals surface area contributed by atoms with Crippen LogP contribution in [0.15, 0.2) is 24.3 Å². The molecule has 0 aromatic heterocycles. The van der Waals surface area contributed by atoms with Gasteiger partial charge in [-0.05, 0) is 42.5 Å².